The Hall–Kier alpha value is -1.07. The van der Waals surface area contributed by atoms with Gasteiger partial charge in [0.15, 0.2) is 0 Å². The molecule has 2 aromatic carbocycles. The third-order valence-electron chi connectivity index (χ3n) is 6.03. The maximum Gasteiger partial charge on any atom is 0.311 e. The summed E-state index contributed by atoms with van der Waals surface area (Å²) in [6.45, 7) is 15.4. The minimum atomic E-state index is -2.32. The van der Waals surface area contributed by atoms with E-state index in [1.807, 2.05) is 0 Å². The molecule has 0 spiro atoms. The molecule has 2 aliphatic heterocycles. The van der Waals surface area contributed by atoms with Gasteiger partial charge in [-0.15, -0.1) is 0 Å². The SMILES string of the molecule is C[Si](C)(O[Si](C)(C)c1ccc(CC2CO2)cc1)O[Si](C)(C)c1ccc(CC2CO2)cc1. The highest BCUT2D eigenvalue weighted by Gasteiger charge is 2.41. The van der Waals surface area contributed by atoms with Crippen LogP contribution in [0.15, 0.2) is 48.5 Å². The summed E-state index contributed by atoms with van der Waals surface area (Å²) in [7, 11) is -6.45. The zero-order chi connectivity index (χ0) is 22.3. The fourth-order valence-corrected chi connectivity index (χ4v) is 17.6. The zero-order valence-corrected chi connectivity index (χ0v) is 22.7. The molecule has 2 saturated heterocycles. The number of ether oxygens (including phenoxy) is 2. The zero-order valence-electron chi connectivity index (χ0n) is 19.7. The molecule has 2 fully saturated rings. The van der Waals surface area contributed by atoms with Crippen LogP contribution in [-0.2, 0) is 30.5 Å². The van der Waals surface area contributed by atoms with E-state index in [1.165, 1.54) is 21.5 Å². The van der Waals surface area contributed by atoms with Crippen LogP contribution < -0.4 is 10.4 Å². The summed E-state index contributed by atoms with van der Waals surface area (Å²) in [5, 5.41) is 2.64. The van der Waals surface area contributed by atoms with Gasteiger partial charge in [-0.2, -0.15) is 0 Å². The second-order valence-electron chi connectivity index (χ2n) is 10.3. The lowest BCUT2D eigenvalue weighted by atomic mass is 10.1. The van der Waals surface area contributed by atoms with Crippen LogP contribution in [-0.4, -0.2) is 50.6 Å². The molecule has 2 aromatic rings. The van der Waals surface area contributed by atoms with Gasteiger partial charge in [0.1, 0.15) is 0 Å². The molecule has 0 bridgehead atoms. The van der Waals surface area contributed by atoms with Crippen molar-refractivity contribution in [2.45, 2.75) is 64.3 Å². The second-order valence-corrected chi connectivity index (χ2v) is 22.0. The van der Waals surface area contributed by atoms with Crippen LogP contribution >= 0.6 is 0 Å². The standard InChI is InChI=1S/C24H36O4Si3/c1-29(2,23-11-7-19(8-12-23)15-21-17-25-21)27-31(5,6)28-30(3,4)24-13-9-20(10-14-24)16-22-18-26-22/h7-14,21-22H,15-18H2,1-6H3. The van der Waals surface area contributed by atoms with Crippen molar-refractivity contribution in [3.8, 4) is 0 Å². The van der Waals surface area contributed by atoms with Crippen LogP contribution in [0.2, 0.25) is 39.3 Å². The van der Waals surface area contributed by atoms with Crippen LogP contribution in [0.25, 0.3) is 0 Å². The molecule has 0 N–H and O–H groups in total. The number of hydrogen-bond donors (Lipinski definition) is 0. The van der Waals surface area contributed by atoms with Gasteiger partial charge in [-0.3, -0.25) is 0 Å². The highest BCUT2D eigenvalue weighted by molar-refractivity contribution is 6.95. The first-order valence-electron chi connectivity index (χ1n) is 11.3. The van der Waals surface area contributed by atoms with Gasteiger partial charge in [0.2, 0.25) is 16.6 Å². The average molecular weight is 473 g/mol. The highest BCUT2D eigenvalue weighted by Crippen LogP contribution is 2.22. The predicted octanol–water partition coefficient (Wildman–Crippen LogP) is 3.83. The molecule has 0 saturated carbocycles. The van der Waals surface area contributed by atoms with Crippen LogP contribution in [0.4, 0.5) is 0 Å². The molecule has 2 aliphatic rings. The van der Waals surface area contributed by atoms with E-state index >= 15 is 0 Å². The molecule has 2 unspecified atom stereocenters. The summed E-state index contributed by atoms with van der Waals surface area (Å²) in [4.78, 5) is 0. The van der Waals surface area contributed by atoms with E-state index in [0.717, 1.165) is 26.1 Å². The fourth-order valence-electron chi connectivity index (χ4n) is 4.35. The van der Waals surface area contributed by atoms with Crippen LogP contribution in [0, 0.1) is 0 Å². The van der Waals surface area contributed by atoms with Crippen LogP contribution in [0.3, 0.4) is 0 Å². The van der Waals surface area contributed by atoms with E-state index in [9.17, 15) is 0 Å². The number of rotatable bonds is 10. The third-order valence-corrected chi connectivity index (χ3v) is 17.5. The topological polar surface area (TPSA) is 43.5 Å². The molecule has 0 aliphatic carbocycles. The monoisotopic (exact) mass is 472 g/mol. The highest BCUT2D eigenvalue weighted by atomic mass is 28.5. The van der Waals surface area contributed by atoms with E-state index in [4.69, 9.17) is 17.7 Å². The van der Waals surface area contributed by atoms with E-state index in [1.54, 1.807) is 0 Å². The minimum Gasteiger partial charge on any atom is -0.433 e. The number of epoxide rings is 2. The fraction of sp³-hybridized carbons (Fsp3) is 0.500. The van der Waals surface area contributed by atoms with Gasteiger partial charge in [0.05, 0.1) is 25.4 Å². The van der Waals surface area contributed by atoms with Gasteiger partial charge in [0, 0.05) is 12.8 Å². The lowest BCUT2D eigenvalue weighted by molar-refractivity contribution is 0.401. The Morgan fingerprint density at radius 2 is 0.968 bits per heavy atom. The second kappa shape index (κ2) is 8.70. The van der Waals surface area contributed by atoms with Crippen LogP contribution in [0.1, 0.15) is 11.1 Å². The maximum absolute atomic E-state index is 6.84. The van der Waals surface area contributed by atoms with E-state index in [-0.39, 0.29) is 0 Å². The first kappa shape index (κ1) is 23.1. The molecule has 0 aromatic heterocycles. The van der Waals surface area contributed by atoms with Gasteiger partial charge < -0.3 is 17.7 Å². The maximum atomic E-state index is 6.84. The Morgan fingerprint density at radius 3 is 1.26 bits per heavy atom. The van der Waals surface area contributed by atoms with E-state index < -0.39 is 25.2 Å². The quantitative estimate of drug-likeness (QED) is 0.389. The van der Waals surface area contributed by atoms with Gasteiger partial charge in [0.25, 0.3) is 0 Å². The minimum absolute atomic E-state index is 0.426. The van der Waals surface area contributed by atoms with Crippen molar-refractivity contribution < 1.29 is 17.7 Å². The Morgan fingerprint density at radius 1 is 0.645 bits per heavy atom. The molecule has 4 nitrogen and oxygen atoms in total. The van der Waals surface area contributed by atoms with Crippen molar-refractivity contribution in [2.75, 3.05) is 13.2 Å². The summed E-state index contributed by atoms with van der Waals surface area (Å²) < 4.78 is 24.4. The van der Waals surface area contributed by atoms with E-state index in [0.29, 0.717) is 12.2 Å². The van der Waals surface area contributed by atoms with Crippen molar-refractivity contribution in [3.05, 3.63) is 59.7 Å². The van der Waals surface area contributed by atoms with Crippen molar-refractivity contribution in [1.82, 2.24) is 0 Å². The summed E-state index contributed by atoms with van der Waals surface area (Å²) in [5.41, 5.74) is 2.68. The largest absolute Gasteiger partial charge is 0.433 e. The summed E-state index contributed by atoms with van der Waals surface area (Å²) in [6, 6.07) is 17.9. The molecule has 2 atom stereocenters. The third kappa shape index (κ3) is 6.47. The summed E-state index contributed by atoms with van der Waals surface area (Å²) >= 11 is 0. The Bertz CT molecular complexity index is 813. The van der Waals surface area contributed by atoms with Crippen molar-refractivity contribution in [2.24, 2.45) is 0 Å². The molecule has 4 rings (SSSR count). The molecular formula is C24H36O4Si3. The summed E-state index contributed by atoms with van der Waals surface area (Å²) in [6.07, 6.45) is 2.88. The van der Waals surface area contributed by atoms with E-state index in [2.05, 4.69) is 87.8 Å². The molecule has 7 heteroatoms. The van der Waals surface area contributed by atoms with Crippen molar-refractivity contribution >= 4 is 35.6 Å². The number of hydrogen-bond acceptors (Lipinski definition) is 4. The van der Waals surface area contributed by atoms with Gasteiger partial charge in [-0.05, 0) is 60.8 Å². The smallest absolute Gasteiger partial charge is 0.311 e. The molecular weight excluding hydrogens is 437 g/mol. The Kier molecular flexibility index (Phi) is 6.48. The van der Waals surface area contributed by atoms with Gasteiger partial charge in [-0.25, -0.2) is 0 Å². The lowest BCUT2D eigenvalue weighted by Gasteiger charge is -2.39. The molecule has 0 radical (unpaired) electrons. The van der Waals surface area contributed by atoms with Gasteiger partial charge >= 0.3 is 8.56 Å². The molecule has 168 valence electrons. The average Bonchev–Trinajstić information content (AvgIpc) is 3.58. The summed E-state index contributed by atoms with van der Waals surface area (Å²) in [5.74, 6) is 0. The predicted molar refractivity (Wildman–Crippen MR) is 134 cm³/mol. The lowest BCUT2D eigenvalue weighted by Crippen LogP contribution is -2.59. The van der Waals surface area contributed by atoms with Crippen molar-refractivity contribution in [1.29, 1.82) is 0 Å². The molecule has 31 heavy (non-hydrogen) atoms. The van der Waals surface area contributed by atoms with Gasteiger partial charge in [-0.1, -0.05) is 48.5 Å². The first-order valence-corrected chi connectivity index (χ1v) is 20.0. The normalized spacial score (nSPS) is 21.2. The van der Waals surface area contributed by atoms with Crippen molar-refractivity contribution in [3.63, 3.8) is 0 Å². The molecule has 0 amide bonds. The first-order chi connectivity index (χ1) is 14.5. The molecule has 2 heterocycles. The Labute approximate surface area is 190 Å². The van der Waals surface area contributed by atoms with Crippen LogP contribution in [0.5, 0.6) is 0 Å². The Balaban J connectivity index is 1.40. The number of benzene rings is 2.